The number of methoxy groups -OCH3 is 1. The van der Waals surface area contributed by atoms with Crippen LogP contribution in [0.2, 0.25) is 0 Å². The molecule has 6 heteroatoms. The van der Waals surface area contributed by atoms with E-state index in [1.54, 1.807) is 0 Å². The van der Waals surface area contributed by atoms with Gasteiger partial charge in [0.05, 0.1) is 19.2 Å². The molecule has 5 nitrogen and oxygen atoms in total. The van der Waals surface area contributed by atoms with Gasteiger partial charge in [-0.1, -0.05) is 0 Å². The molecule has 0 heterocycles. The zero-order valence-corrected chi connectivity index (χ0v) is 16.4. The van der Waals surface area contributed by atoms with Crippen LogP contribution in [0.4, 0.5) is 0 Å². The fourth-order valence-corrected chi connectivity index (χ4v) is 2.84. The van der Waals surface area contributed by atoms with Crippen molar-refractivity contribution in [2.24, 2.45) is 0 Å². The van der Waals surface area contributed by atoms with E-state index in [9.17, 15) is 9.59 Å². The molecule has 0 unspecified atom stereocenters. The third-order valence-corrected chi connectivity index (χ3v) is 4.42. The number of thiol groups is 1. The molecule has 1 aromatic carbocycles. The zero-order chi connectivity index (χ0) is 18.7. The Hall–Kier alpha value is -1.53. The van der Waals surface area contributed by atoms with Crippen molar-refractivity contribution in [3.63, 3.8) is 0 Å². The number of nitrogens with one attached hydrogen (secondary N) is 1. The molecule has 0 amide bonds. The van der Waals surface area contributed by atoms with Crippen molar-refractivity contribution in [1.29, 1.82) is 0 Å². The van der Waals surface area contributed by atoms with Crippen molar-refractivity contribution < 1.29 is 19.1 Å². The highest BCUT2D eigenvalue weighted by Gasteiger charge is 2.21. The molecule has 0 aliphatic heterocycles. The van der Waals surface area contributed by atoms with Gasteiger partial charge in [0.25, 0.3) is 0 Å². The molecule has 0 fully saturated rings. The molecule has 1 aromatic rings. The topological polar surface area (TPSA) is 64.6 Å². The van der Waals surface area contributed by atoms with Crippen LogP contribution < -0.4 is 5.32 Å². The lowest BCUT2D eigenvalue weighted by atomic mass is 9.93. The average Bonchev–Trinajstić information content (AvgIpc) is 2.46. The maximum absolute atomic E-state index is 12.1. The molecule has 1 rings (SSSR count). The highest BCUT2D eigenvalue weighted by molar-refractivity contribution is 7.80. The van der Waals surface area contributed by atoms with Crippen LogP contribution in [-0.4, -0.2) is 31.2 Å². The largest absolute Gasteiger partial charge is 0.465 e. The number of hydrogen-bond donors (Lipinski definition) is 2. The first-order valence-corrected chi connectivity index (χ1v) is 8.26. The Kier molecular flexibility index (Phi) is 6.86. The molecule has 0 aliphatic carbocycles. The van der Waals surface area contributed by atoms with E-state index in [1.807, 2.05) is 41.5 Å². The number of carbonyl (C=O) groups is 2. The predicted octanol–water partition coefficient (Wildman–Crippen LogP) is 3.12. The summed E-state index contributed by atoms with van der Waals surface area (Å²) in [4.78, 5) is 24.6. The normalized spacial score (nSPS) is 11.3. The molecule has 1 N–H and O–H groups in total. The molecule has 0 spiro atoms. The molecular weight excluding hydrogens is 326 g/mol. The van der Waals surface area contributed by atoms with E-state index >= 15 is 0 Å². The minimum Gasteiger partial charge on any atom is -0.465 e. The lowest BCUT2D eigenvalue weighted by Crippen LogP contribution is -2.31. The standard InChI is InChI=1S/C18H27NO4S/c1-10-13(8-19-9-14(20)23-18(4,5)6)11(2)16(24)12(3)15(10)17(21)22-7/h19,24H,8-9H2,1-7H3. The highest BCUT2D eigenvalue weighted by Crippen LogP contribution is 2.30. The van der Waals surface area contributed by atoms with Gasteiger partial charge in [-0.25, -0.2) is 4.79 Å². The Morgan fingerprint density at radius 2 is 1.67 bits per heavy atom. The zero-order valence-electron chi connectivity index (χ0n) is 15.5. The van der Waals surface area contributed by atoms with Crippen LogP contribution >= 0.6 is 12.6 Å². The lowest BCUT2D eigenvalue weighted by Gasteiger charge is -2.21. The summed E-state index contributed by atoms with van der Waals surface area (Å²) in [7, 11) is 1.36. The number of esters is 2. The van der Waals surface area contributed by atoms with Crippen molar-refractivity contribution >= 4 is 24.6 Å². The van der Waals surface area contributed by atoms with E-state index in [2.05, 4.69) is 17.9 Å². The second-order valence-corrected chi connectivity index (χ2v) is 7.21. The summed E-state index contributed by atoms with van der Waals surface area (Å²) in [5.41, 5.74) is 3.59. The molecule has 0 bridgehead atoms. The van der Waals surface area contributed by atoms with Crippen LogP contribution in [0.3, 0.4) is 0 Å². The Labute approximate surface area is 149 Å². The van der Waals surface area contributed by atoms with Crippen molar-refractivity contribution in [3.05, 3.63) is 27.8 Å². The van der Waals surface area contributed by atoms with Gasteiger partial charge in [-0.05, 0) is 63.8 Å². The Morgan fingerprint density at radius 1 is 1.08 bits per heavy atom. The van der Waals surface area contributed by atoms with E-state index in [0.29, 0.717) is 12.1 Å². The number of hydrogen-bond acceptors (Lipinski definition) is 6. The summed E-state index contributed by atoms with van der Waals surface area (Å²) in [5.74, 6) is -0.696. The molecule has 0 saturated carbocycles. The summed E-state index contributed by atoms with van der Waals surface area (Å²) in [6.07, 6.45) is 0. The number of rotatable bonds is 5. The van der Waals surface area contributed by atoms with E-state index < -0.39 is 5.60 Å². The molecule has 0 radical (unpaired) electrons. The first-order chi connectivity index (χ1) is 11.0. The third kappa shape index (κ3) is 4.98. The SMILES string of the molecule is COC(=O)c1c(C)c(S)c(C)c(CNCC(=O)OC(C)(C)C)c1C. The second kappa shape index (κ2) is 8.03. The van der Waals surface area contributed by atoms with Crippen LogP contribution in [-0.2, 0) is 20.8 Å². The minimum atomic E-state index is -0.509. The fourth-order valence-electron chi connectivity index (χ4n) is 2.60. The Bertz CT molecular complexity index is 648. The van der Waals surface area contributed by atoms with Crippen molar-refractivity contribution in [3.8, 4) is 0 Å². The maximum atomic E-state index is 12.1. The van der Waals surface area contributed by atoms with Gasteiger partial charge in [0, 0.05) is 11.4 Å². The van der Waals surface area contributed by atoms with Crippen LogP contribution in [0, 0.1) is 20.8 Å². The van der Waals surface area contributed by atoms with Gasteiger partial charge < -0.3 is 14.8 Å². The van der Waals surface area contributed by atoms with Crippen LogP contribution in [0.15, 0.2) is 4.90 Å². The van der Waals surface area contributed by atoms with Gasteiger partial charge in [-0.2, -0.15) is 0 Å². The number of carbonyl (C=O) groups excluding carboxylic acids is 2. The van der Waals surface area contributed by atoms with Crippen molar-refractivity contribution in [1.82, 2.24) is 5.32 Å². The van der Waals surface area contributed by atoms with Crippen molar-refractivity contribution in [2.75, 3.05) is 13.7 Å². The molecule has 134 valence electrons. The molecular formula is C18H27NO4S. The van der Waals surface area contributed by atoms with Crippen LogP contribution in [0.1, 0.15) is 53.4 Å². The van der Waals surface area contributed by atoms with Gasteiger partial charge >= 0.3 is 11.9 Å². The molecule has 0 atom stereocenters. The van der Waals surface area contributed by atoms with Gasteiger partial charge in [0.1, 0.15) is 5.60 Å². The lowest BCUT2D eigenvalue weighted by molar-refractivity contribution is -0.153. The average molecular weight is 353 g/mol. The summed E-state index contributed by atoms with van der Waals surface area (Å²) in [6, 6.07) is 0. The first-order valence-electron chi connectivity index (χ1n) is 7.82. The van der Waals surface area contributed by atoms with Crippen LogP contribution in [0.25, 0.3) is 0 Å². The van der Waals surface area contributed by atoms with Gasteiger partial charge in [0.15, 0.2) is 0 Å². The Balaban J connectivity index is 2.98. The summed E-state index contributed by atoms with van der Waals surface area (Å²) in [5, 5.41) is 3.08. The van der Waals surface area contributed by atoms with E-state index in [1.165, 1.54) is 7.11 Å². The van der Waals surface area contributed by atoms with E-state index in [-0.39, 0.29) is 18.5 Å². The third-order valence-electron chi connectivity index (χ3n) is 3.75. The highest BCUT2D eigenvalue weighted by atomic mass is 32.1. The quantitative estimate of drug-likeness (QED) is 0.629. The monoisotopic (exact) mass is 353 g/mol. The van der Waals surface area contributed by atoms with E-state index in [0.717, 1.165) is 27.1 Å². The van der Waals surface area contributed by atoms with Crippen LogP contribution in [0.5, 0.6) is 0 Å². The second-order valence-electron chi connectivity index (χ2n) is 6.76. The summed E-state index contributed by atoms with van der Waals surface area (Å²) in [6.45, 7) is 11.7. The van der Waals surface area contributed by atoms with E-state index in [4.69, 9.17) is 9.47 Å². The summed E-state index contributed by atoms with van der Waals surface area (Å²) >= 11 is 4.52. The Morgan fingerprint density at radius 3 is 2.17 bits per heavy atom. The molecule has 0 aromatic heterocycles. The van der Waals surface area contributed by atoms with Gasteiger partial charge in [-0.15, -0.1) is 12.6 Å². The molecule has 24 heavy (non-hydrogen) atoms. The van der Waals surface area contributed by atoms with Gasteiger partial charge in [-0.3, -0.25) is 4.79 Å². The number of benzene rings is 1. The minimum absolute atomic E-state index is 0.0967. The summed E-state index contributed by atoms with van der Waals surface area (Å²) < 4.78 is 10.1. The fraction of sp³-hybridized carbons (Fsp3) is 0.556. The predicted molar refractivity (Wildman–Crippen MR) is 96.8 cm³/mol. The maximum Gasteiger partial charge on any atom is 0.338 e. The first kappa shape index (κ1) is 20.5. The number of ether oxygens (including phenoxy) is 2. The smallest absolute Gasteiger partial charge is 0.338 e. The van der Waals surface area contributed by atoms with Gasteiger partial charge in [0.2, 0.25) is 0 Å². The van der Waals surface area contributed by atoms with Crippen molar-refractivity contribution in [2.45, 2.75) is 58.6 Å². The molecule has 0 saturated heterocycles. The molecule has 0 aliphatic rings.